The van der Waals surface area contributed by atoms with E-state index >= 15 is 0 Å². The number of nitrogens with one attached hydrogen (secondary N) is 1. The van der Waals surface area contributed by atoms with Crippen LogP contribution in [0.5, 0.6) is 0 Å². The fourth-order valence-corrected chi connectivity index (χ4v) is 2.67. The highest BCUT2D eigenvalue weighted by Crippen LogP contribution is 2.25. The molecule has 0 saturated carbocycles. The van der Waals surface area contributed by atoms with Gasteiger partial charge in [-0.2, -0.15) is 0 Å². The van der Waals surface area contributed by atoms with Gasteiger partial charge in [0, 0.05) is 11.1 Å². The minimum Gasteiger partial charge on any atom is -0.310 e. The standard InChI is InChI=1S/C17H18Cl2FN/c1-3-21-17(13-6-4-11(2)14(18)10-13)9-12-5-7-16(20)15(19)8-12/h4-8,10,17,21H,3,9H2,1-2H3. The van der Waals surface area contributed by atoms with Crippen molar-refractivity contribution in [1.82, 2.24) is 5.32 Å². The Labute approximate surface area is 135 Å². The van der Waals surface area contributed by atoms with E-state index in [1.807, 2.05) is 19.1 Å². The normalized spacial score (nSPS) is 12.4. The van der Waals surface area contributed by atoms with Crippen molar-refractivity contribution < 1.29 is 4.39 Å². The molecule has 1 atom stereocenters. The van der Waals surface area contributed by atoms with E-state index < -0.39 is 5.82 Å². The Kier molecular flexibility index (Phi) is 5.63. The Morgan fingerprint density at radius 3 is 2.48 bits per heavy atom. The Balaban J connectivity index is 2.25. The fourth-order valence-electron chi connectivity index (χ4n) is 2.28. The van der Waals surface area contributed by atoms with Crippen molar-refractivity contribution in [2.24, 2.45) is 0 Å². The van der Waals surface area contributed by atoms with Crippen molar-refractivity contribution in [3.05, 3.63) is 69.0 Å². The van der Waals surface area contributed by atoms with Crippen LogP contribution in [0, 0.1) is 12.7 Å². The fraction of sp³-hybridized carbons (Fsp3) is 0.294. The molecule has 112 valence electrons. The summed E-state index contributed by atoms with van der Waals surface area (Å²) in [5.74, 6) is -0.390. The van der Waals surface area contributed by atoms with Crippen LogP contribution in [0.3, 0.4) is 0 Å². The molecule has 1 N–H and O–H groups in total. The van der Waals surface area contributed by atoms with E-state index in [1.54, 1.807) is 12.1 Å². The van der Waals surface area contributed by atoms with E-state index in [1.165, 1.54) is 6.07 Å². The van der Waals surface area contributed by atoms with Crippen LogP contribution in [0.25, 0.3) is 0 Å². The van der Waals surface area contributed by atoms with Gasteiger partial charge in [-0.1, -0.05) is 48.3 Å². The molecule has 0 aliphatic heterocycles. The molecule has 4 heteroatoms. The summed E-state index contributed by atoms with van der Waals surface area (Å²) in [5.41, 5.74) is 3.16. The second kappa shape index (κ2) is 7.26. The summed E-state index contributed by atoms with van der Waals surface area (Å²) in [6, 6.07) is 11.0. The first kappa shape index (κ1) is 16.3. The number of hydrogen-bond donors (Lipinski definition) is 1. The molecular weight excluding hydrogens is 308 g/mol. The van der Waals surface area contributed by atoms with Gasteiger partial charge in [0.25, 0.3) is 0 Å². The Hall–Kier alpha value is -1.09. The first-order chi connectivity index (χ1) is 10.0. The number of hydrogen-bond acceptors (Lipinski definition) is 1. The summed E-state index contributed by atoms with van der Waals surface area (Å²) in [6.45, 7) is 4.87. The monoisotopic (exact) mass is 325 g/mol. The highest BCUT2D eigenvalue weighted by molar-refractivity contribution is 6.31. The lowest BCUT2D eigenvalue weighted by atomic mass is 9.98. The summed E-state index contributed by atoms with van der Waals surface area (Å²) in [6.07, 6.45) is 0.729. The lowest BCUT2D eigenvalue weighted by Crippen LogP contribution is -2.23. The summed E-state index contributed by atoms with van der Waals surface area (Å²) < 4.78 is 13.2. The maximum Gasteiger partial charge on any atom is 0.141 e. The van der Waals surface area contributed by atoms with Crippen molar-refractivity contribution >= 4 is 23.2 Å². The van der Waals surface area contributed by atoms with Gasteiger partial charge >= 0.3 is 0 Å². The molecule has 21 heavy (non-hydrogen) atoms. The van der Waals surface area contributed by atoms with Gasteiger partial charge < -0.3 is 5.32 Å². The first-order valence-corrected chi connectivity index (χ1v) is 7.70. The number of likely N-dealkylation sites (N-methyl/N-ethyl adjacent to an activating group) is 1. The number of halogens is 3. The highest BCUT2D eigenvalue weighted by atomic mass is 35.5. The van der Waals surface area contributed by atoms with E-state index in [9.17, 15) is 4.39 Å². The predicted molar refractivity (Wildman–Crippen MR) is 87.7 cm³/mol. The van der Waals surface area contributed by atoms with Crippen LogP contribution >= 0.6 is 23.2 Å². The molecule has 0 aliphatic rings. The molecule has 0 aromatic heterocycles. The van der Waals surface area contributed by atoms with Crippen LogP contribution in [0.4, 0.5) is 4.39 Å². The lowest BCUT2D eigenvalue weighted by molar-refractivity contribution is 0.548. The third kappa shape index (κ3) is 4.19. The van der Waals surface area contributed by atoms with Crippen molar-refractivity contribution in [3.8, 4) is 0 Å². The van der Waals surface area contributed by atoms with Crippen molar-refractivity contribution in [3.63, 3.8) is 0 Å². The number of rotatable bonds is 5. The van der Waals surface area contributed by atoms with Crippen LogP contribution < -0.4 is 5.32 Å². The molecule has 1 nitrogen and oxygen atoms in total. The SMILES string of the molecule is CCNC(Cc1ccc(F)c(Cl)c1)c1ccc(C)c(Cl)c1. The van der Waals surface area contributed by atoms with Gasteiger partial charge in [-0.3, -0.25) is 0 Å². The largest absolute Gasteiger partial charge is 0.310 e. The highest BCUT2D eigenvalue weighted by Gasteiger charge is 2.13. The number of benzene rings is 2. The van der Waals surface area contributed by atoms with Crippen molar-refractivity contribution in [2.75, 3.05) is 6.54 Å². The molecule has 0 spiro atoms. The summed E-state index contributed by atoms with van der Waals surface area (Å²) >= 11 is 12.1. The van der Waals surface area contributed by atoms with E-state index in [2.05, 4.69) is 18.3 Å². The van der Waals surface area contributed by atoms with E-state index in [0.717, 1.165) is 34.7 Å². The third-order valence-electron chi connectivity index (χ3n) is 3.47. The van der Waals surface area contributed by atoms with Gasteiger partial charge in [-0.25, -0.2) is 4.39 Å². The van der Waals surface area contributed by atoms with Gasteiger partial charge in [0.1, 0.15) is 5.82 Å². The van der Waals surface area contributed by atoms with Gasteiger partial charge in [0.05, 0.1) is 5.02 Å². The lowest BCUT2D eigenvalue weighted by Gasteiger charge is -2.19. The van der Waals surface area contributed by atoms with Gasteiger partial charge in [0.15, 0.2) is 0 Å². The van der Waals surface area contributed by atoms with Crippen LogP contribution in [0.15, 0.2) is 36.4 Å². The average Bonchev–Trinajstić information content (AvgIpc) is 2.45. The zero-order chi connectivity index (χ0) is 15.4. The molecule has 0 fully saturated rings. The maximum absolute atomic E-state index is 13.2. The van der Waals surface area contributed by atoms with E-state index in [-0.39, 0.29) is 11.1 Å². The van der Waals surface area contributed by atoms with Crippen molar-refractivity contribution in [1.29, 1.82) is 0 Å². The van der Waals surface area contributed by atoms with Gasteiger partial charge in [0.2, 0.25) is 0 Å². The summed E-state index contributed by atoms with van der Waals surface area (Å²) in [4.78, 5) is 0. The van der Waals surface area contributed by atoms with Crippen LogP contribution in [0.2, 0.25) is 10.0 Å². The second-order valence-electron chi connectivity index (χ2n) is 5.07. The molecule has 2 aromatic carbocycles. The average molecular weight is 326 g/mol. The molecule has 0 radical (unpaired) electrons. The molecule has 0 amide bonds. The molecular formula is C17H18Cl2FN. The van der Waals surface area contributed by atoms with Crippen LogP contribution in [-0.4, -0.2) is 6.54 Å². The first-order valence-electron chi connectivity index (χ1n) is 6.94. The summed E-state index contributed by atoms with van der Waals surface area (Å²) in [7, 11) is 0. The Morgan fingerprint density at radius 2 is 1.86 bits per heavy atom. The second-order valence-corrected chi connectivity index (χ2v) is 5.89. The Bertz CT molecular complexity index is 628. The maximum atomic E-state index is 13.2. The summed E-state index contributed by atoms with van der Waals surface area (Å²) in [5, 5.41) is 4.35. The van der Waals surface area contributed by atoms with Crippen LogP contribution in [-0.2, 0) is 6.42 Å². The molecule has 0 saturated heterocycles. The van der Waals surface area contributed by atoms with E-state index in [0.29, 0.717) is 0 Å². The number of aryl methyl sites for hydroxylation is 1. The Morgan fingerprint density at radius 1 is 1.10 bits per heavy atom. The molecule has 0 bridgehead atoms. The molecule has 2 aromatic rings. The molecule has 2 rings (SSSR count). The van der Waals surface area contributed by atoms with Gasteiger partial charge in [-0.15, -0.1) is 0 Å². The molecule has 0 heterocycles. The third-order valence-corrected chi connectivity index (χ3v) is 4.17. The van der Waals surface area contributed by atoms with Crippen LogP contribution in [0.1, 0.15) is 29.7 Å². The van der Waals surface area contributed by atoms with Crippen molar-refractivity contribution in [2.45, 2.75) is 26.3 Å². The zero-order valence-electron chi connectivity index (χ0n) is 12.1. The smallest absolute Gasteiger partial charge is 0.141 e. The van der Waals surface area contributed by atoms with E-state index in [4.69, 9.17) is 23.2 Å². The zero-order valence-corrected chi connectivity index (χ0v) is 13.6. The topological polar surface area (TPSA) is 12.0 Å². The minimum atomic E-state index is -0.390. The van der Waals surface area contributed by atoms with Gasteiger partial charge in [-0.05, 0) is 54.8 Å². The molecule has 1 unspecified atom stereocenters. The quantitative estimate of drug-likeness (QED) is 0.782. The predicted octanol–water partition coefficient (Wildman–Crippen LogP) is 5.33. The molecule has 0 aliphatic carbocycles. The minimum absolute atomic E-state index is 0.120.